The van der Waals surface area contributed by atoms with Crippen molar-refractivity contribution in [3.05, 3.63) is 71.8 Å². The number of hydrogen-bond acceptors (Lipinski definition) is 3. The van der Waals surface area contributed by atoms with Gasteiger partial charge in [0.2, 0.25) is 0 Å². The van der Waals surface area contributed by atoms with Crippen LogP contribution in [0.3, 0.4) is 0 Å². The third-order valence-corrected chi connectivity index (χ3v) is 2.56. The van der Waals surface area contributed by atoms with Gasteiger partial charge in [0.25, 0.3) is 0 Å². The van der Waals surface area contributed by atoms with Crippen LogP contribution in [-0.4, -0.2) is 12.3 Å². The first-order chi connectivity index (χ1) is 9.42. The zero-order valence-corrected chi connectivity index (χ0v) is 10.5. The number of hydrogen-bond donors (Lipinski definition) is 0. The zero-order valence-electron chi connectivity index (χ0n) is 10.5. The molecule has 0 unspecified atom stereocenters. The van der Waals surface area contributed by atoms with Gasteiger partial charge in [-0.1, -0.05) is 65.8 Å². The van der Waals surface area contributed by atoms with Crippen molar-refractivity contribution in [1.29, 1.82) is 5.26 Å². The van der Waals surface area contributed by atoms with Gasteiger partial charge in [0.1, 0.15) is 12.3 Å². The minimum absolute atomic E-state index is 0.305. The largest absolute Gasteiger partial charge is 0.394 e. The summed E-state index contributed by atoms with van der Waals surface area (Å²) in [6.07, 6.45) is 0.334. The molecule has 2 rings (SSSR count). The monoisotopic (exact) mass is 250 g/mol. The average molecular weight is 250 g/mol. The standard InChI is InChI=1S/C16H14N2O/c17-12-7-13-19-18-16(14-8-3-1-4-9-14)15-10-5-2-6-11-15/h1-6,8-11H,7,13H2. The molecule has 0 radical (unpaired) electrons. The van der Waals surface area contributed by atoms with Gasteiger partial charge in [-0.25, -0.2) is 0 Å². The maximum absolute atomic E-state index is 8.49. The van der Waals surface area contributed by atoms with Crippen LogP contribution in [0.5, 0.6) is 0 Å². The van der Waals surface area contributed by atoms with E-state index in [1.54, 1.807) is 0 Å². The number of benzene rings is 2. The minimum atomic E-state index is 0.305. The summed E-state index contributed by atoms with van der Waals surface area (Å²) >= 11 is 0. The van der Waals surface area contributed by atoms with Gasteiger partial charge in [0.15, 0.2) is 0 Å². The smallest absolute Gasteiger partial charge is 0.130 e. The van der Waals surface area contributed by atoms with Crippen LogP contribution in [-0.2, 0) is 4.84 Å². The van der Waals surface area contributed by atoms with Crippen LogP contribution in [0, 0.1) is 11.3 Å². The SMILES string of the molecule is N#CCCON=C(c1ccccc1)c1ccccc1. The molecule has 3 heteroatoms. The molecular formula is C16H14N2O. The van der Waals surface area contributed by atoms with Crippen molar-refractivity contribution in [1.82, 2.24) is 0 Å². The first-order valence-corrected chi connectivity index (χ1v) is 6.09. The van der Waals surface area contributed by atoms with Gasteiger partial charge in [0, 0.05) is 11.1 Å². The third-order valence-electron chi connectivity index (χ3n) is 2.56. The number of oxime groups is 1. The zero-order chi connectivity index (χ0) is 13.3. The Balaban J connectivity index is 2.27. The van der Waals surface area contributed by atoms with E-state index in [4.69, 9.17) is 10.1 Å². The molecule has 0 aliphatic carbocycles. The van der Waals surface area contributed by atoms with Crippen LogP contribution in [0.2, 0.25) is 0 Å². The molecule has 0 saturated heterocycles. The fraction of sp³-hybridized carbons (Fsp3) is 0.125. The Morgan fingerprint density at radius 3 is 1.95 bits per heavy atom. The molecule has 0 fully saturated rings. The van der Waals surface area contributed by atoms with E-state index in [2.05, 4.69) is 5.16 Å². The lowest BCUT2D eigenvalue weighted by atomic mass is 10.0. The van der Waals surface area contributed by atoms with Crippen LogP contribution >= 0.6 is 0 Å². The highest BCUT2D eigenvalue weighted by molar-refractivity contribution is 6.12. The maximum atomic E-state index is 8.49. The first-order valence-electron chi connectivity index (χ1n) is 6.09. The molecule has 0 saturated carbocycles. The van der Waals surface area contributed by atoms with Crippen LogP contribution < -0.4 is 0 Å². The lowest BCUT2D eigenvalue weighted by Crippen LogP contribution is -2.04. The summed E-state index contributed by atoms with van der Waals surface area (Å²) < 4.78 is 0. The molecule has 0 bridgehead atoms. The van der Waals surface area contributed by atoms with E-state index < -0.39 is 0 Å². The van der Waals surface area contributed by atoms with Crippen LogP contribution in [0.25, 0.3) is 0 Å². The Labute approximate surface area is 112 Å². The summed E-state index contributed by atoms with van der Waals surface area (Å²) in [6, 6.07) is 21.7. The molecule has 0 spiro atoms. The quantitative estimate of drug-likeness (QED) is 0.464. The predicted octanol–water partition coefficient (Wildman–Crippen LogP) is 3.37. The molecule has 0 aromatic heterocycles. The van der Waals surface area contributed by atoms with Crippen molar-refractivity contribution in [2.24, 2.45) is 5.16 Å². The van der Waals surface area contributed by atoms with Gasteiger partial charge in [-0.15, -0.1) is 0 Å². The van der Waals surface area contributed by atoms with E-state index in [0.29, 0.717) is 13.0 Å². The average Bonchev–Trinajstić information content (AvgIpc) is 2.49. The highest BCUT2D eigenvalue weighted by Gasteiger charge is 2.06. The highest BCUT2D eigenvalue weighted by atomic mass is 16.6. The highest BCUT2D eigenvalue weighted by Crippen LogP contribution is 2.11. The Kier molecular flexibility index (Phi) is 4.71. The summed E-state index contributed by atoms with van der Waals surface area (Å²) in [4.78, 5) is 5.21. The lowest BCUT2D eigenvalue weighted by molar-refractivity contribution is 0.150. The molecule has 94 valence electrons. The summed E-state index contributed by atoms with van der Waals surface area (Å²) in [5, 5.41) is 12.7. The molecule has 0 atom stereocenters. The third kappa shape index (κ3) is 3.68. The molecule has 0 amide bonds. The van der Waals surface area contributed by atoms with Gasteiger partial charge >= 0.3 is 0 Å². The van der Waals surface area contributed by atoms with E-state index in [9.17, 15) is 0 Å². The van der Waals surface area contributed by atoms with Crippen molar-refractivity contribution >= 4 is 5.71 Å². The first kappa shape index (κ1) is 12.8. The van der Waals surface area contributed by atoms with Gasteiger partial charge in [0.05, 0.1) is 12.5 Å². The summed E-state index contributed by atoms with van der Waals surface area (Å²) in [5.74, 6) is 0. The maximum Gasteiger partial charge on any atom is 0.130 e. The van der Waals surface area contributed by atoms with E-state index in [-0.39, 0.29) is 0 Å². The molecule has 2 aromatic rings. The minimum Gasteiger partial charge on any atom is -0.394 e. The molecule has 19 heavy (non-hydrogen) atoms. The van der Waals surface area contributed by atoms with Crippen molar-refractivity contribution < 1.29 is 4.84 Å². The van der Waals surface area contributed by atoms with Crippen molar-refractivity contribution in [2.45, 2.75) is 6.42 Å². The number of nitrogens with zero attached hydrogens (tertiary/aromatic N) is 2. The van der Waals surface area contributed by atoms with E-state index in [1.807, 2.05) is 66.7 Å². The van der Waals surface area contributed by atoms with Gasteiger partial charge in [-0.2, -0.15) is 5.26 Å². The predicted molar refractivity (Wildman–Crippen MR) is 74.7 cm³/mol. The topological polar surface area (TPSA) is 45.4 Å². The normalized spacial score (nSPS) is 9.42. The van der Waals surface area contributed by atoms with E-state index >= 15 is 0 Å². The molecular weight excluding hydrogens is 236 g/mol. The van der Waals surface area contributed by atoms with Gasteiger partial charge in [-0.05, 0) is 0 Å². The second kappa shape index (κ2) is 6.97. The summed E-state index contributed by atoms with van der Waals surface area (Å²) in [5.41, 5.74) is 2.76. The summed E-state index contributed by atoms with van der Waals surface area (Å²) in [6.45, 7) is 0.305. The van der Waals surface area contributed by atoms with Crippen LogP contribution in [0.1, 0.15) is 17.5 Å². The van der Waals surface area contributed by atoms with Gasteiger partial charge in [-0.3, -0.25) is 0 Å². The van der Waals surface area contributed by atoms with E-state index in [0.717, 1.165) is 16.8 Å². The van der Waals surface area contributed by atoms with Crippen molar-refractivity contribution in [3.63, 3.8) is 0 Å². The Hall–Kier alpha value is -2.60. The second-order valence-corrected chi connectivity index (χ2v) is 3.91. The molecule has 0 aliphatic heterocycles. The van der Waals surface area contributed by atoms with Crippen molar-refractivity contribution in [3.8, 4) is 6.07 Å². The van der Waals surface area contributed by atoms with Gasteiger partial charge < -0.3 is 4.84 Å². The fourth-order valence-electron chi connectivity index (χ4n) is 1.67. The second-order valence-electron chi connectivity index (χ2n) is 3.91. The fourth-order valence-corrected chi connectivity index (χ4v) is 1.67. The van der Waals surface area contributed by atoms with Crippen LogP contribution in [0.4, 0.5) is 0 Å². The molecule has 3 nitrogen and oxygen atoms in total. The Morgan fingerprint density at radius 1 is 0.947 bits per heavy atom. The van der Waals surface area contributed by atoms with E-state index in [1.165, 1.54) is 0 Å². The lowest BCUT2D eigenvalue weighted by Gasteiger charge is -2.06. The molecule has 0 aliphatic rings. The molecule has 0 heterocycles. The number of nitriles is 1. The Morgan fingerprint density at radius 2 is 1.47 bits per heavy atom. The molecule has 0 N–H and O–H groups in total. The molecule has 2 aromatic carbocycles. The summed E-state index contributed by atoms with van der Waals surface area (Å²) in [7, 11) is 0. The Bertz CT molecular complexity index is 529. The van der Waals surface area contributed by atoms with Crippen molar-refractivity contribution in [2.75, 3.05) is 6.61 Å². The number of rotatable bonds is 5. The van der Waals surface area contributed by atoms with Crippen LogP contribution in [0.15, 0.2) is 65.8 Å².